The lowest BCUT2D eigenvalue weighted by Crippen LogP contribution is -2.43. The van der Waals surface area contributed by atoms with Crippen molar-refractivity contribution in [2.24, 2.45) is 11.8 Å². The van der Waals surface area contributed by atoms with Crippen LogP contribution in [0.25, 0.3) is 0 Å². The number of nitrogens with zero attached hydrogens (tertiary/aromatic N) is 1. The quantitative estimate of drug-likeness (QED) is 0.850. The average molecular weight is 354 g/mol. The fourth-order valence-electron chi connectivity index (χ4n) is 2.85. The van der Waals surface area contributed by atoms with E-state index >= 15 is 0 Å². The second kappa shape index (κ2) is 8.38. The molecule has 0 radical (unpaired) electrons. The van der Waals surface area contributed by atoms with Crippen molar-refractivity contribution in [2.75, 3.05) is 13.1 Å². The first-order chi connectivity index (χ1) is 11.4. The third-order valence-electron chi connectivity index (χ3n) is 4.43. The monoisotopic (exact) mass is 353 g/mol. The summed E-state index contributed by atoms with van der Waals surface area (Å²) in [6, 6.07) is 7.24. The van der Waals surface area contributed by atoms with Gasteiger partial charge in [0.2, 0.25) is 5.91 Å². The highest BCUT2D eigenvalue weighted by Crippen LogP contribution is 2.23. The summed E-state index contributed by atoms with van der Waals surface area (Å²) in [7, 11) is 0. The van der Waals surface area contributed by atoms with Crippen LogP contribution in [0.3, 0.4) is 0 Å². The van der Waals surface area contributed by atoms with Crippen molar-refractivity contribution in [3.05, 3.63) is 29.3 Å². The zero-order valence-electron chi connectivity index (χ0n) is 14.1. The maximum absolute atomic E-state index is 12.3. The number of hydrogen-bond acceptors (Lipinski definition) is 3. The predicted octanol–water partition coefficient (Wildman–Crippen LogP) is 3.46. The van der Waals surface area contributed by atoms with Crippen molar-refractivity contribution >= 4 is 23.5 Å². The van der Waals surface area contributed by atoms with Crippen molar-refractivity contribution in [3.8, 4) is 5.75 Å². The number of piperidine rings is 1. The number of carbonyl (C=O) groups is 2. The van der Waals surface area contributed by atoms with Gasteiger partial charge in [-0.25, -0.2) is 0 Å². The second-order valence-electron chi connectivity index (χ2n) is 6.54. The Labute approximate surface area is 147 Å². The third kappa shape index (κ3) is 5.13. The van der Waals surface area contributed by atoms with E-state index in [0.29, 0.717) is 18.1 Å². The fraction of sp³-hybridized carbons (Fsp3) is 0.556. The summed E-state index contributed by atoms with van der Waals surface area (Å²) in [5.74, 6) is -0.895. The molecular formula is C18H24ClNO4. The largest absolute Gasteiger partial charge is 0.490 e. The van der Waals surface area contributed by atoms with Crippen molar-refractivity contribution in [1.29, 1.82) is 0 Å². The summed E-state index contributed by atoms with van der Waals surface area (Å²) in [5, 5.41) is 9.88. The van der Waals surface area contributed by atoms with Crippen LogP contribution in [0, 0.1) is 11.8 Å². The molecule has 1 amide bonds. The summed E-state index contributed by atoms with van der Waals surface area (Å²) in [6.45, 7) is 4.86. The van der Waals surface area contributed by atoms with Crippen molar-refractivity contribution in [3.63, 3.8) is 0 Å². The summed E-state index contributed by atoms with van der Waals surface area (Å²) in [4.78, 5) is 25.3. The molecule has 1 aromatic rings. The summed E-state index contributed by atoms with van der Waals surface area (Å²) < 4.78 is 5.91. The fourth-order valence-corrected chi connectivity index (χ4v) is 2.98. The molecule has 0 spiro atoms. The van der Waals surface area contributed by atoms with Gasteiger partial charge in [0.25, 0.3) is 0 Å². The molecule has 1 aliphatic rings. The van der Waals surface area contributed by atoms with Crippen LogP contribution in [0.2, 0.25) is 5.02 Å². The number of halogens is 1. The van der Waals surface area contributed by atoms with Gasteiger partial charge in [-0.2, -0.15) is 0 Å². The molecule has 132 valence electrons. The first-order valence-electron chi connectivity index (χ1n) is 8.29. The maximum atomic E-state index is 12.3. The summed E-state index contributed by atoms with van der Waals surface area (Å²) in [6.07, 6.45) is 1.62. The van der Waals surface area contributed by atoms with Crippen LogP contribution >= 0.6 is 11.6 Å². The Morgan fingerprint density at radius 1 is 1.25 bits per heavy atom. The summed E-state index contributed by atoms with van der Waals surface area (Å²) >= 11 is 5.85. The Balaban J connectivity index is 1.82. The molecule has 2 rings (SSSR count). The van der Waals surface area contributed by atoms with Crippen LogP contribution in [0.5, 0.6) is 5.75 Å². The molecule has 1 N–H and O–H groups in total. The Morgan fingerprint density at radius 3 is 2.33 bits per heavy atom. The van der Waals surface area contributed by atoms with Crippen molar-refractivity contribution in [2.45, 2.75) is 39.2 Å². The van der Waals surface area contributed by atoms with Gasteiger partial charge in [-0.05, 0) is 30.2 Å². The maximum Gasteiger partial charge on any atom is 0.307 e. The van der Waals surface area contributed by atoms with E-state index in [0.717, 1.165) is 18.6 Å². The minimum atomic E-state index is -0.903. The SMILES string of the molecule is CC(C)[C@H](CC(=O)N1CCC(Oc2ccc(Cl)cc2)CC1)C(=O)O. The second-order valence-corrected chi connectivity index (χ2v) is 6.98. The van der Waals surface area contributed by atoms with Crippen LogP contribution in [-0.2, 0) is 9.59 Å². The minimum Gasteiger partial charge on any atom is -0.490 e. The van der Waals surface area contributed by atoms with Crippen LogP contribution in [0.1, 0.15) is 33.1 Å². The van der Waals surface area contributed by atoms with Gasteiger partial charge in [-0.3, -0.25) is 9.59 Å². The molecule has 1 saturated heterocycles. The molecule has 5 nitrogen and oxygen atoms in total. The predicted molar refractivity (Wildman–Crippen MR) is 92.3 cm³/mol. The van der Waals surface area contributed by atoms with E-state index in [9.17, 15) is 14.7 Å². The van der Waals surface area contributed by atoms with Crippen molar-refractivity contribution < 1.29 is 19.4 Å². The lowest BCUT2D eigenvalue weighted by atomic mass is 9.92. The zero-order valence-corrected chi connectivity index (χ0v) is 14.8. The van der Waals surface area contributed by atoms with E-state index in [-0.39, 0.29) is 24.3 Å². The average Bonchev–Trinajstić information content (AvgIpc) is 2.54. The Kier molecular flexibility index (Phi) is 6.49. The molecule has 0 unspecified atom stereocenters. The van der Waals surface area contributed by atoms with Gasteiger partial charge in [0.05, 0.1) is 5.92 Å². The molecule has 0 saturated carbocycles. The molecule has 0 aromatic heterocycles. The van der Waals surface area contributed by atoms with Crippen LogP contribution in [0.4, 0.5) is 0 Å². The number of amides is 1. The molecule has 1 atom stereocenters. The Bertz CT molecular complexity index is 565. The molecule has 6 heteroatoms. The van der Waals surface area contributed by atoms with Gasteiger partial charge >= 0.3 is 5.97 Å². The topological polar surface area (TPSA) is 66.8 Å². The highest BCUT2D eigenvalue weighted by molar-refractivity contribution is 6.30. The molecule has 1 aromatic carbocycles. The third-order valence-corrected chi connectivity index (χ3v) is 4.68. The lowest BCUT2D eigenvalue weighted by molar-refractivity contribution is -0.148. The number of aliphatic carboxylic acids is 1. The zero-order chi connectivity index (χ0) is 17.7. The van der Waals surface area contributed by atoms with Gasteiger partial charge in [0.1, 0.15) is 11.9 Å². The number of rotatable bonds is 6. The number of carboxylic acids is 1. The van der Waals surface area contributed by atoms with E-state index < -0.39 is 11.9 Å². The first-order valence-corrected chi connectivity index (χ1v) is 8.67. The van der Waals surface area contributed by atoms with Gasteiger partial charge in [0, 0.05) is 37.4 Å². The molecule has 1 aliphatic heterocycles. The Hall–Kier alpha value is -1.75. The van der Waals surface area contributed by atoms with Gasteiger partial charge < -0.3 is 14.7 Å². The number of likely N-dealkylation sites (tertiary alicyclic amines) is 1. The summed E-state index contributed by atoms with van der Waals surface area (Å²) in [5.41, 5.74) is 0. The molecule has 1 fully saturated rings. The normalized spacial score (nSPS) is 16.9. The first kappa shape index (κ1) is 18.6. The van der Waals surface area contributed by atoms with Crippen LogP contribution in [0.15, 0.2) is 24.3 Å². The highest BCUT2D eigenvalue weighted by atomic mass is 35.5. The molecule has 1 heterocycles. The molecule has 24 heavy (non-hydrogen) atoms. The number of carbonyl (C=O) groups excluding carboxylic acids is 1. The molecule has 0 aliphatic carbocycles. The smallest absolute Gasteiger partial charge is 0.307 e. The number of carboxylic acid groups (broad SMARTS) is 1. The van der Waals surface area contributed by atoms with E-state index in [1.807, 2.05) is 26.0 Å². The van der Waals surface area contributed by atoms with E-state index in [2.05, 4.69) is 0 Å². The van der Waals surface area contributed by atoms with Crippen LogP contribution in [-0.4, -0.2) is 41.1 Å². The van der Waals surface area contributed by atoms with E-state index in [4.69, 9.17) is 16.3 Å². The minimum absolute atomic E-state index is 0.0581. The number of hydrogen-bond donors (Lipinski definition) is 1. The molecular weight excluding hydrogens is 330 g/mol. The molecule has 0 bridgehead atoms. The van der Waals surface area contributed by atoms with Gasteiger partial charge in [-0.1, -0.05) is 25.4 Å². The number of benzene rings is 1. The van der Waals surface area contributed by atoms with Crippen molar-refractivity contribution in [1.82, 2.24) is 4.90 Å². The van der Waals surface area contributed by atoms with Gasteiger partial charge in [-0.15, -0.1) is 0 Å². The highest BCUT2D eigenvalue weighted by Gasteiger charge is 2.29. The standard InChI is InChI=1S/C18H24ClNO4/c1-12(2)16(18(22)23)11-17(21)20-9-7-15(8-10-20)24-14-5-3-13(19)4-6-14/h3-6,12,15-16H,7-11H2,1-2H3,(H,22,23)/t16-/m0/s1. The van der Waals surface area contributed by atoms with E-state index in [1.54, 1.807) is 17.0 Å². The Morgan fingerprint density at radius 2 is 1.83 bits per heavy atom. The number of ether oxygens (including phenoxy) is 1. The lowest BCUT2D eigenvalue weighted by Gasteiger charge is -2.33. The van der Waals surface area contributed by atoms with Crippen LogP contribution < -0.4 is 4.74 Å². The van der Waals surface area contributed by atoms with E-state index in [1.165, 1.54) is 0 Å². The van der Waals surface area contributed by atoms with Gasteiger partial charge in [0.15, 0.2) is 0 Å².